The molecule has 0 aliphatic rings. The van der Waals surface area contributed by atoms with Gasteiger partial charge in [-0.15, -0.1) is 0 Å². The zero-order valence-electron chi connectivity index (χ0n) is 11.6. The largest absolute Gasteiger partial charge is 0.493 e. The minimum Gasteiger partial charge on any atom is -0.493 e. The lowest BCUT2D eigenvalue weighted by Crippen LogP contribution is -1.99. The van der Waals surface area contributed by atoms with Crippen LogP contribution in [0.4, 0.5) is 0 Å². The van der Waals surface area contributed by atoms with Gasteiger partial charge in [-0.1, -0.05) is 24.6 Å². The normalized spacial score (nSPS) is 10.2. The molecule has 1 N–H and O–H groups in total. The summed E-state index contributed by atoms with van der Waals surface area (Å²) >= 11 is 5.99. The Morgan fingerprint density at radius 1 is 1.33 bits per heavy atom. The molecule has 0 saturated carbocycles. The van der Waals surface area contributed by atoms with E-state index in [4.69, 9.17) is 26.2 Å². The molecule has 1 heterocycles. The number of aryl methyl sites for hydroxylation is 1. The zero-order valence-corrected chi connectivity index (χ0v) is 12.3. The van der Waals surface area contributed by atoms with Gasteiger partial charge in [0, 0.05) is 6.20 Å². The maximum Gasteiger partial charge on any atom is 0.337 e. The van der Waals surface area contributed by atoms with Crippen LogP contribution in [-0.4, -0.2) is 23.2 Å². The number of aromatic carboxylic acids is 1. The smallest absolute Gasteiger partial charge is 0.337 e. The van der Waals surface area contributed by atoms with Crippen LogP contribution in [0.15, 0.2) is 30.5 Å². The molecule has 0 amide bonds. The van der Waals surface area contributed by atoms with E-state index >= 15 is 0 Å². The number of rotatable bonds is 5. The summed E-state index contributed by atoms with van der Waals surface area (Å²) in [5.41, 5.74) is 1.11. The number of halogens is 1. The van der Waals surface area contributed by atoms with Gasteiger partial charge in [0.25, 0.3) is 0 Å². The number of pyridine rings is 1. The lowest BCUT2D eigenvalue weighted by molar-refractivity contribution is 0.0696. The number of aromatic nitrogens is 1. The summed E-state index contributed by atoms with van der Waals surface area (Å²) in [7, 11) is 1.55. The van der Waals surface area contributed by atoms with Crippen LogP contribution in [0.2, 0.25) is 5.02 Å². The number of methoxy groups -OCH3 is 1. The van der Waals surface area contributed by atoms with Crippen molar-refractivity contribution in [2.24, 2.45) is 0 Å². The van der Waals surface area contributed by atoms with Crippen LogP contribution < -0.4 is 9.47 Å². The molecule has 0 fully saturated rings. The summed E-state index contributed by atoms with van der Waals surface area (Å²) in [6.45, 7) is 2.04. The fourth-order valence-electron chi connectivity index (χ4n) is 1.74. The molecule has 1 aromatic heterocycles. The van der Waals surface area contributed by atoms with Crippen molar-refractivity contribution in [3.8, 4) is 17.4 Å². The maximum atomic E-state index is 10.8. The molecule has 5 nitrogen and oxygen atoms in total. The summed E-state index contributed by atoms with van der Waals surface area (Å²) in [6, 6.07) is 6.84. The summed E-state index contributed by atoms with van der Waals surface area (Å²) in [5.74, 6) is 0.0618. The topological polar surface area (TPSA) is 68.7 Å². The average molecular weight is 308 g/mol. The maximum absolute atomic E-state index is 10.8. The first kappa shape index (κ1) is 15.1. The van der Waals surface area contributed by atoms with Crippen LogP contribution in [0, 0.1) is 0 Å². The van der Waals surface area contributed by atoms with Gasteiger partial charge < -0.3 is 14.6 Å². The first-order chi connectivity index (χ1) is 10.0. The highest BCUT2D eigenvalue weighted by atomic mass is 35.5. The molecule has 0 spiro atoms. The molecule has 0 radical (unpaired) electrons. The predicted molar refractivity (Wildman–Crippen MR) is 78.7 cm³/mol. The first-order valence-electron chi connectivity index (χ1n) is 6.28. The van der Waals surface area contributed by atoms with E-state index in [2.05, 4.69) is 4.98 Å². The monoisotopic (exact) mass is 307 g/mol. The highest BCUT2D eigenvalue weighted by Gasteiger charge is 2.13. The Bertz CT molecular complexity index is 673. The van der Waals surface area contributed by atoms with E-state index < -0.39 is 5.97 Å². The molecule has 0 saturated heterocycles. The number of hydrogen-bond donors (Lipinski definition) is 1. The standard InChI is InChI=1S/C15H14ClNO4/c1-3-9-4-5-12(13(6-9)20-2)21-14-11(16)7-10(8-17-14)15(18)19/h4-8H,3H2,1-2H3,(H,18,19). The summed E-state index contributed by atoms with van der Waals surface area (Å²) in [4.78, 5) is 14.8. The number of carboxylic acids is 1. The Morgan fingerprint density at radius 2 is 2.10 bits per heavy atom. The van der Waals surface area contributed by atoms with E-state index in [1.807, 2.05) is 19.1 Å². The van der Waals surface area contributed by atoms with Gasteiger partial charge in [0.2, 0.25) is 5.88 Å². The van der Waals surface area contributed by atoms with Gasteiger partial charge in [-0.3, -0.25) is 0 Å². The molecule has 6 heteroatoms. The van der Waals surface area contributed by atoms with E-state index in [0.717, 1.165) is 12.0 Å². The third-order valence-corrected chi connectivity index (χ3v) is 3.17. The number of nitrogens with zero attached hydrogens (tertiary/aromatic N) is 1. The van der Waals surface area contributed by atoms with Gasteiger partial charge in [-0.05, 0) is 30.2 Å². The second-order valence-electron chi connectivity index (χ2n) is 4.26. The van der Waals surface area contributed by atoms with Gasteiger partial charge in [0.05, 0.1) is 12.7 Å². The van der Waals surface area contributed by atoms with Crippen LogP contribution in [0.3, 0.4) is 0 Å². The van der Waals surface area contributed by atoms with Crippen molar-refractivity contribution < 1.29 is 19.4 Å². The second kappa shape index (κ2) is 6.45. The van der Waals surface area contributed by atoms with Crippen LogP contribution in [0.25, 0.3) is 0 Å². The molecule has 110 valence electrons. The highest BCUT2D eigenvalue weighted by molar-refractivity contribution is 6.32. The van der Waals surface area contributed by atoms with Crippen molar-refractivity contribution in [1.82, 2.24) is 4.98 Å². The van der Waals surface area contributed by atoms with Gasteiger partial charge in [0.15, 0.2) is 11.5 Å². The molecule has 2 rings (SSSR count). The molecule has 0 aliphatic carbocycles. The molecule has 1 aromatic carbocycles. The van der Waals surface area contributed by atoms with Gasteiger partial charge in [-0.2, -0.15) is 0 Å². The summed E-state index contributed by atoms with van der Waals surface area (Å²) in [6.07, 6.45) is 2.07. The molecular formula is C15H14ClNO4. The molecule has 21 heavy (non-hydrogen) atoms. The summed E-state index contributed by atoms with van der Waals surface area (Å²) in [5, 5.41) is 8.99. The van der Waals surface area contributed by atoms with Crippen molar-refractivity contribution in [2.75, 3.05) is 7.11 Å². The highest BCUT2D eigenvalue weighted by Crippen LogP contribution is 2.34. The Balaban J connectivity index is 2.32. The van der Waals surface area contributed by atoms with Gasteiger partial charge in [0.1, 0.15) is 5.02 Å². The number of benzene rings is 1. The summed E-state index contributed by atoms with van der Waals surface area (Å²) < 4.78 is 10.9. The quantitative estimate of drug-likeness (QED) is 0.910. The number of carbonyl (C=O) groups is 1. The van der Waals surface area contributed by atoms with E-state index in [-0.39, 0.29) is 16.5 Å². The fraction of sp³-hybridized carbons (Fsp3) is 0.200. The Morgan fingerprint density at radius 3 is 2.67 bits per heavy atom. The third-order valence-electron chi connectivity index (χ3n) is 2.90. The Kier molecular flexibility index (Phi) is 4.65. The van der Waals surface area contributed by atoms with Crippen LogP contribution >= 0.6 is 11.6 Å². The number of carboxylic acid groups (broad SMARTS) is 1. The van der Waals surface area contributed by atoms with E-state index in [0.29, 0.717) is 11.5 Å². The fourth-order valence-corrected chi connectivity index (χ4v) is 1.94. The number of ether oxygens (including phenoxy) is 2. The van der Waals surface area contributed by atoms with Crippen LogP contribution in [0.5, 0.6) is 17.4 Å². The SMILES string of the molecule is CCc1ccc(Oc2ncc(C(=O)O)cc2Cl)c(OC)c1. The van der Waals surface area contributed by atoms with Gasteiger partial charge >= 0.3 is 5.97 Å². The first-order valence-corrected chi connectivity index (χ1v) is 6.66. The van der Waals surface area contributed by atoms with Crippen molar-refractivity contribution in [3.63, 3.8) is 0 Å². The third kappa shape index (κ3) is 3.44. The molecule has 0 bridgehead atoms. The lowest BCUT2D eigenvalue weighted by Gasteiger charge is -2.11. The van der Waals surface area contributed by atoms with Crippen molar-refractivity contribution in [1.29, 1.82) is 0 Å². The lowest BCUT2D eigenvalue weighted by atomic mass is 10.1. The molecular weight excluding hydrogens is 294 g/mol. The number of hydrogen-bond acceptors (Lipinski definition) is 4. The minimum absolute atomic E-state index is 0.000598. The van der Waals surface area contributed by atoms with Crippen molar-refractivity contribution in [3.05, 3.63) is 46.6 Å². The van der Waals surface area contributed by atoms with Gasteiger partial charge in [-0.25, -0.2) is 9.78 Å². The Labute approximate surface area is 127 Å². The predicted octanol–water partition coefficient (Wildman–Crippen LogP) is 3.80. The average Bonchev–Trinajstić information content (AvgIpc) is 2.49. The van der Waals surface area contributed by atoms with E-state index in [9.17, 15) is 4.79 Å². The Hall–Kier alpha value is -2.27. The molecule has 0 unspecified atom stereocenters. The molecule has 0 atom stereocenters. The van der Waals surface area contributed by atoms with Crippen LogP contribution in [0.1, 0.15) is 22.8 Å². The van der Waals surface area contributed by atoms with Crippen LogP contribution in [-0.2, 0) is 6.42 Å². The minimum atomic E-state index is -1.10. The van der Waals surface area contributed by atoms with Crippen molar-refractivity contribution in [2.45, 2.75) is 13.3 Å². The van der Waals surface area contributed by atoms with E-state index in [1.54, 1.807) is 13.2 Å². The second-order valence-corrected chi connectivity index (χ2v) is 4.66. The molecule has 0 aliphatic heterocycles. The van der Waals surface area contributed by atoms with Crippen molar-refractivity contribution >= 4 is 17.6 Å². The molecule has 2 aromatic rings. The zero-order chi connectivity index (χ0) is 15.4. The van der Waals surface area contributed by atoms with E-state index in [1.165, 1.54) is 12.3 Å².